The van der Waals surface area contributed by atoms with Crippen molar-refractivity contribution >= 4 is 6.09 Å². The third-order valence-corrected chi connectivity index (χ3v) is 5.40. The summed E-state index contributed by atoms with van der Waals surface area (Å²) in [6.07, 6.45) is 14.0. The van der Waals surface area contributed by atoms with Gasteiger partial charge in [0.2, 0.25) is 0 Å². The van der Waals surface area contributed by atoms with Crippen LogP contribution in [-0.4, -0.2) is 30.3 Å². The highest BCUT2D eigenvalue weighted by Gasteiger charge is 2.27. The lowest BCUT2D eigenvalue weighted by Gasteiger charge is -2.30. The number of ether oxygens (including phenoxy) is 1. The fourth-order valence-corrected chi connectivity index (χ4v) is 4.13. The Balaban J connectivity index is 1.78. The van der Waals surface area contributed by atoms with Crippen LogP contribution in [0, 0.1) is 5.92 Å². The van der Waals surface area contributed by atoms with Crippen LogP contribution in [0.5, 0.6) is 0 Å². The van der Waals surface area contributed by atoms with Crippen molar-refractivity contribution < 1.29 is 9.53 Å². The van der Waals surface area contributed by atoms with Crippen molar-refractivity contribution in [2.45, 2.75) is 109 Å². The van der Waals surface area contributed by atoms with E-state index < -0.39 is 5.60 Å². The van der Waals surface area contributed by atoms with Crippen molar-refractivity contribution in [2.75, 3.05) is 6.54 Å². The SMILES string of the molecule is CC(C)(C)OC(=O)NC1CCCCCC1NCCC1CCCCC1. The fourth-order valence-electron chi connectivity index (χ4n) is 4.13. The molecular formula is C20H38N2O2. The molecule has 4 heteroatoms. The average molecular weight is 339 g/mol. The Kier molecular flexibility index (Phi) is 7.86. The summed E-state index contributed by atoms with van der Waals surface area (Å²) in [4.78, 5) is 12.1. The topological polar surface area (TPSA) is 50.4 Å². The van der Waals surface area contributed by atoms with Gasteiger partial charge in [0.15, 0.2) is 0 Å². The molecule has 1 amide bonds. The number of nitrogens with one attached hydrogen (secondary N) is 2. The van der Waals surface area contributed by atoms with Crippen molar-refractivity contribution in [2.24, 2.45) is 5.92 Å². The van der Waals surface area contributed by atoms with Gasteiger partial charge in [-0.2, -0.15) is 0 Å². The van der Waals surface area contributed by atoms with E-state index in [9.17, 15) is 4.79 Å². The minimum Gasteiger partial charge on any atom is -0.444 e. The molecule has 2 aliphatic rings. The standard InChI is InChI=1S/C20H38N2O2/c1-20(2,3)24-19(23)22-18-13-9-5-8-12-17(18)21-15-14-16-10-6-4-7-11-16/h16-18,21H,4-15H2,1-3H3,(H,22,23). The zero-order valence-electron chi connectivity index (χ0n) is 16.0. The molecule has 2 aliphatic carbocycles. The van der Waals surface area contributed by atoms with Gasteiger partial charge in [0.25, 0.3) is 0 Å². The zero-order valence-corrected chi connectivity index (χ0v) is 16.0. The molecular weight excluding hydrogens is 300 g/mol. The summed E-state index contributed by atoms with van der Waals surface area (Å²) >= 11 is 0. The summed E-state index contributed by atoms with van der Waals surface area (Å²) in [5.41, 5.74) is -0.432. The Hall–Kier alpha value is -0.770. The smallest absolute Gasteiger partial charge is 0.407 e. The largest absolute Gasteiger partial charge is 0.444 e. The molecule has 140 valence electrons. The number of carbonyl (C=O) groups excluding carboxylic acids is 1. The Labute approximate surface area is 148 Å². The third-order valence-electron chi connectivity index (χ3n) is 5.40. The molecule has 0 aromatic carbocycles. The number of hydrogen-bond acceptors (Lipinski definition) is 3. The molecule has 0 spiro atoms. The molecule has 2 fully saturated rings. The van der Waals surface area contributed by atoms with Crippen LogP contribution in [0.3, 0.4) is 0 Å². The van der Waals surface area contributed by atoms with Gasteiger partial charge in [-0.1, -0.05) is 51.4 Å². The van der Waals surface area contributed by atoms with Crippen LogP contribution in [0.2, 0.25) is 0 Å². The number of hydrogen-bond donors (Lipinski definition) is 2. The molecule has 0 aliphatic heterocycles. The van der Waals surface area contributed by atoms with Crippen molar-refractivity contribution in [3.8, 4) is 0 Å². The molecule has 0 saturated heterocycles. The van der Waals surface area contributed by atoms with Crippen LogP contribution in [0.1, 0.15) is 91.4 Å². The number of carbonyl (C=O) groups is 1. The fraction of sp³-hybridized carbons (Fsp3) is 0.950. The Bertz CT molecular complexity index is 372. The average Bonchev–Trinajstić information content (AvgIpc) is 2.72. The second kappa shape index (κ2) is 9.65. The molecule has 0 bridgehead atoms. The van der Waals surface area contributed by atoms with E-state index in [-0.39, 0.29) is 12.1 Å². The summed E-state index contributed by atoms with van der Waals surface area (Å²) in [6, 6.07) is 0.595. The van der Waals surface area contributed by atoms with E-state index in [0.717, 1.165) is 25.3 Å². The van der Waals surface area contributed by atoms with E-state index in [2.05, 4.69) is 10.6 Å². The molecule has 2 N–H and O–H groups in total. The summed E-state index contributed by atoms with van der Waals surface area (Å²) in [5.74, 6) is 0.911. The van der Waals surface area contributed by atoms with Crippen molar-refractivity contribution in [3.63, 3.8) is 0 Å². The van der Waals surface area contributed by atoms with Gasteiger partial charge >= 0.3 is 6.09 Å². The lowest BCUT2D eigenvalue weighted by Crippen LogP contribution is -2.50. The lowest BCUT2D eigenvalue weighted by atomic mass is 9.87. The quantitative estimate of drug-likeness (QED) is 0.710. The molecule has 4 nitrogen and oxygen atoms in total. The maximum atomic E-state index is 12.1. The van der Waals surface area contributed by atoms with Gasteiger partial charge < -0.3 is 15.4 Å². The highest BCUT2D eigenvalue weighted by atomic mass is 16.6. The Morgan fingerprint density at radius 3 is 2.12 bits per heavy atom. The first-order valence-corrected chi connectivity index (χ1v) is 10.2. The second-order valence-electron chi connectivity index (χ2n) is 8.74. The van der Waals surface area contributed by atoms with Gasteiger partial charge in [0, 0.05) is 12.1 Å². The highest BCUT2D eigenvalue weighted by Crippen LogP contribution is 2.26. The van der Waals surface area contributed by atoms with E-state index in [4.69, 9.17) is 4.74 Å². The van der Waals surface area contributed by atoms with Crippen LogP contribution in [0.4, 0.5) is 4.79 Å². The maximum absolute atomic E-state index is 12.1. The van der Waals surface area contributed by atoms with Crippen LogP contribution >= 0.6 is 0 Å². The third kappa shape index (κ3) is 7.42. The summed E-state index contributed by atoms with van der Waals surface area (Å²) in [7, 11) is 0. The number of rotatable bonds is 5. The molecule has 0 aromatic rings. The summed E-state index contributed by atoms with van der Waals surface area (Å²) in [6.45, 7) is 6.83. The molecule has 0 heterocycles. The molecule has 24 heavy (non-hydrogen) atoms. The summed E-state index contributed by atoms with van der Waals surface area (Å²) in [5, 5.41) is 6.89. The molecule has 2 rings (SSSR count). The van der Waals surface area contributed by atoms with E-state index in [1.54, 1.807) is 0 Å². The van der Waals surface area contributed by atoms with Gasteiger partial charge in [-0.05, 0) is 52.5 Å². The monoisotopic (exact) mass is 338 g/mol. The number of amides is 1. The second-order valence-corrected chi connectivity index (χ2v) is 8.74. The summed E-state index contributed by atoms with van der Waals surface area (Å²) < 4.78 is 5.45. The normalized spacial score (nSPS) is 26.6. The van der Waals surface area contributed by atoms with E-state index in [0.29, 0.717) is 6.04 Å². The maximum Gasteiger partial charge on any atom is 0.407 e. The first-order valence-electron chi connectivity index (χ1n) is 10.2. The lowest BCUT2D eigenvalue weighted by molar-refractivity contribution is 0.0489. The highest BCUT2D eigenvalue weighted by molar-refractivity contribution is 5.68. The first-order chi connectivity index (χ1) is 11.4. The minimum absolute atomic E-state index is 0.203. The first kappa shape index (κ1) is 19.6. The van der Waals surface area contributed by atoms with Crippen LogP contribution in [0.25, 0.3) is 0 Å². The van der Waals surface area contributed by atoms with Crippen LogP contribution in [-0.2, 0) is 4.74 Å². The van der Waals surface area contributed by atoms with Crippen LogP contribution < -0.4 is 10.6 Å². The molecule has 0 radical (unpaired) electrons. The van der Waals surface area contributed by atoms with Crippen molar-refractivity contribution in [1.82, 2.24) is 10.6 Å². The molecule has 0 aromatic heterocycles. The van der Waals surface area contributed by atoms with Crippen LogP contribution in [0.15, 0.2) is 0 Å². The minimum atomic E-state index is -0.432. The zero-order chi connectivity index (χ0) is 17.4. The van der Waals surface area contributed by atoms with Gasteiger partial charge in [0.05, 0.1) is 0 Å². The number of alkyl carbamates (subject to hydrolysis) is 1. The predicted molar refractivity (Wildman–Crippen MR) is 99.2 cm³/mol. The molecule has 2 atom stereocenters. The predicted octanol–water partition coefficient (Wildman–Crippen LogP) is 4.77. The van der Waals surface area contributed by atoms with E-state index in [1.165, 1.54) is 57.8 Å². The van der Waals surface area contributed by atoms with E-state index >= 15 is 0 Å². The Morgan fingerprint density at radius 1 is 0.917 bits per heavy atom. The van der Waals surface area contributed by atoms with Crippen molar-refractivity contribution in [1.29, 1.82) is 0 Å². The van der Waals surface area contributed by atoms with Gasteiger partial charge in [-0.3, -0.25) is 0 Å². The van der Waals surface area contributed by atoms with E-state index in [1.807, 2.05) is 20.8 Å². The van der Waals surface area contributed by atoms with Gasteiger partial charge in [-0.25, -0.2) is 4.79 Å². The Morgan fingerprint density at radius 2 is 1.50 bits per heavy atom. The van der Waals surface area contributed by atoms with Crippen molar-refractivity contribution in [3.05, 3.63) is 0 Å². The molecule has 2 saturated carbocycles. The van der Waals surface area contributed by atoms with Gasteiger partial charge in [-0.15, -0.1) is 0 Å². The van der Waals surface area contributed by atoms with Gasteiger partial charge in [0.1, 0.15) is 5.60 Å². The molecule has 2 unspecified atom stereocenters.